The van der Waals surface area contributed by atoms with E-state index in [2.05, 4.69) is 0 Å². The summed E-state index contributed by atoms with van der Waals surface area (Å²) in [6, 6.07) is 2.71. The average molecular weight is 187 g/mol. The second kappa shape index (κ2) is 2.91. The summed E-state index contributed by atoms with van der Waals surface area (Å²) >= 11 is 5.59. The Morgan fingerprint density at radius 2 is 2.00 bits per heavy atom. The Labute approximate surface area is 73.7 Å². The van der Waals surface area contributed by atoms with E-state index in [9.17, 15) is 4.79 Å². The van der Waals surface area contributed by atoms with Crippen LogP contribution in [-0.2, 0) is 0 Å². The number of carboxylic acids is 1. The van der Waals surface area contributed by atoms with E-state index >= 15 is 0 Å². The number of anilines is 2. The van der Waals surface area contributed by atoms with Crippen molar-refractivity contribution in [1.82, 2.24) is 0 Å². The molecule has 1 rings (SSSR count). The van der Waals surface area contributed by atoms with Gasteiger partial charge >= 0.3 is 5.97 Å². The second-order valence-corrected chi connectivity index (χ2v) is 2.68. The summed E-state index contributed by atoms with van der Waals surface area (Å²) < 4.78 is 0. The van der Waals surface area contributed by atoms with Crippen molar-refractivity contribution in [2.45, 2.75) is 0 Å². The van der Waals surface area contributed by atoms with Gasteiger partial charge in [0.2, 0.25) is 0 Å². The van der Waals surface area contributed by atoms with Crippen LogP contribution in [-0.4, -0.2) is 11.1 Å². The number of benzene rings is 1. The average Bonchev–Trinajstić information content (AvgIpc) is 1.82. The van der Waals surface area contributed by atoms with Crippen molar-refractivity contribution in [3.05, 3.63) is 22.7 Å². The number of aromatic carboxylic acids is 1. The molecule has 0 unspecified atom stereocenters. The topological polar surface area (TPSA) is 89.3 Å². The summed E-state index contributed by atoms with van der Waals surface area (Å²) in [7, 11) is 0. The van der Waals surface area contributed by atoms with E-state index in [1.165, 1.54) is 12.1 Å². The van der Waals surface area contributed by atoms with E-state index in [-0.39, 0.29) is 16.3 Å². The summed E-state index contributed by atoms with van der Waals surface area (Å²) in [5.74, 6) is -1.16. The second-order valence-electron chi connectivity index (χ2n) is 2.27. The molecule has 0 saturated carbocycles. The fourth-order valence-electron chi connectivity index (χ4n) is 0.875. The highest BCUT2D eigenvalue weighted by Crippen LogP contribution is 2.25. The van der Waals surface area contributed by atoms with Crippen molar-refractivity contribution in [3.8, 4) is 0 Å². The molecule has 0 spiro atoms. The van der Waals surface area contributed by atoms with Crippen molar-refractivity contribution < 1.29 is 9.90 Å². The van der Waals surface area contributed by atoms with E-state index in [1.54, 1.807) is 0 Å². The fraction of sp³-hybridized carbons (Fsp3) is 0. The van der Waals surface area contributed by atoms with Gasteiger partial charge in [-0.05, 0) is 12.1 Å². The lowest BCUT2D eigenvalue weighted by atomic mass is 10.1. The first-order valence-electron chi connectivity index (χ1n) is 3.10. The van der Waals surface area contributed by atoms with E-state index < -0.39 is 5.97 Å². The maximum Gasteiger partial charge on any atom is 0.339 e. The number of halogens is 1. The summed E-state index contributed by atoms with van der Waals surface area (Å²) in [4.78, 5) is 10.5. The minimum absolute atomic E-state index is 0.0556. The Kier molecular flexibility index (Phi) is 2.10. The lowest BCUT2D eigenvalue weighted by Crippen LogP contribution is -2.04. The monoisotopic (exact) mass is 186 g/mol. The first-order chi connectivity index (χ1) is 5.52. The molecular formula is C7H7ClN2O2. The van der Waals surface area contributed by atoms with Gasteiger partial charge in [-0.25, -0.2) is 4.79 Å². The quantitative estimate of drug-likeness (QED) is 0.575. The standard InChI is InChI=1S/C7H7ClN2O2/c8-4-1-3(9)2-5(10)6(4)7(11)12/h1-2H,9-10H2,(H,11,12). The molecule has 5 heteroatoms. The Morgan fingerprint density at radius 3 is 2.42 bits per heavy atom. The molecule has 0 aliphatic carbocycles. The van der Waals surface area contributed by atoms with Crippen molar-refractivity contribution in [3.63, 3.8) is 0 Å². The van der Waals surface area contributed by atoms with Gasteiger partial charge in [0.05, 0.1) is 5.02 Å². The molecule has 1 aromatic carbocycles. The molecule has 4 nitrogen and oxygen atoms in total. The van der Waals surface area contributed by atoms with Crippen LogP contribution >= 0.6 is 11.6 Å². The number of carbonyl (C=O) groups is 1. The maximum atomic E-state index is 10.5. The van der Waals surface area contributed by atoms with Crippen LogP contribution < -0.4 is 11.5 Å². The minimum Gasteiger partial charge on any atom is -0.478 e. The molecule has 0 aliphatic rings. The lowest BCUT2D eigenvalue weighted by Gasteiger charge is -2.03. The van der Waals surface area contributed by atoms with Gasteiger partial charge in [0, 0.05) is 11.4 Å². The largest absolute Gasteiger partial charge is 0.478 e. The number of nitrogens with two attached hydrogens (primary N) is 2. The molecule has 5 N–H and O–H groups in total. The molecule has 0 aliphatic heterocycles. The summed E-state index contributed by atoms with van der Waals surface area (Å²) in [5, 5.41) is 8.69. The molecule has 0 heterocycles. The molecular weight excluding hydrogens is 180 g/mol. The van der Waals surface area contributed by atoms with E-state index in [1.807, 2.05) is 0 Å². The van der Waals surface area contributed by atoms with Crippen molar-refractivity contribution in [1.29, 1.82) is 0 Å². The van der Waals surface area contributed by atoms with Crippen molar-refractivity contribution in [2.75, 3.05) is 11.5 Å². The van der Waals surface area contributed by atoms with Gasteiger partial charge in [0.25, 0.3) is 0 Å². The van der Waals surface area contributed by atoms with Crippen LogP contribution in [0.4, 0.5) is 11.4 Å². The Balaban J connectivity index is 3.38. The van der Waals surface area contributed by atoms with Crippen LogP contribution in [0.2, 0.25) is 5.02 Å². The first-order valence-corrected chi connectivity index (χ1v) is 3.48. The van der Waals surface area contributed by atoms with Crippen LogP contribution in [0.3, 0.4) is 0 Å². The highest BCUT2D eigenvalue weighted by molar-refractivity contribution is 6.34. The number of nitrogen functional groups attached to an aromatic ring is 2. The zero-order valence-electron chi connectivity index (χ0n) is 6.04. The molecule has 0 bridgehead atoms. The molecule has 0 atom stereocenters. The third-order valence-corrected chi connectivity index (χ3v) is 1.66. The molecule has 64 valence electrons. The van der Waals surface area contributed by atoms with Gasteiger partial charge in [0.15, 0.2) is 0 Å². The number of carboxylic acid groups (broad SMARTS) is 1. The van der Waals surface area contributed by atoms with Gasteiger partial charge in [-0.2, -0.15) is 0 Å². The number of hydrogen-bond donors (Lipinski definition) is 3. The highest BCUT2D eigenvalue weighted by Gasteiger charge is 2.12. The highest BCUT2D eigenvalue weighted by atomic mass is 35.5. The molecule has 0 amide bonds. The zero-order chi connectivity index (χ0) is 9.30. The fourth-order valence-corrected chi connectivity index (χ4v) is 1.19. The third-order valence-electron chi connectivity index (χ3n) is 1.36. The molecule has 0 saturated heterocycles. The summed E-state index contributed by atoms with van der Waals surface area (Å²) in [6.07, 6.45) is 0. The van der Waals surface area contributed by atoms with E-state index in [4.69, 9.17) is 28.2 Å². The lowest BCUT2D eigenvalue weighted by molar-refractivity contribution is 0.0698. The van der Waals surface area contributed by atoms with Crippen LogP contribution in [0.15, 0.2) is 12.1 Å². The van der Waals surface area contributed by atoms with E-state index in [0.29, 0.717) is 5.69 Å². The Bertz CT molecular complexity index is 315. The Morgan fingerprint density at radius 1 is 1.42 bits per heavy atom. The molecule has 0 fully saturated rings. The number of rotatable bonds is 1. The van der Waals surface area contributed by atoms with Gasteiger partial charge in [-0.3, -0.25) is 0 Å². The van der Waals surface area contributed by atoms with Gasteiger partial charge < -0.3 is 16.6 Å². The predicted octanol–water partition coefficient (Wildman–Crippen LogP) is 1.20. The van der Waals surface area contributed by atoms with Crippen LogP contribution in [0.5, 0.6) is 0 Å². The molecule has 12 heavy (non-hydrogen) atoms. The third kappa shape index (κ3) is 1.43. The zero-order valence-corrected chi connectivity index (χ0v) is 6.80. The van der Waals surface area contributed by atoms with Crippen LogP contribution in [0.25, 0.3) is 0 Å². The molecule has 1 aromatic rings. The van der Waals surface area contributed by atoms with Crippen molar-refractivity contribution in [2.24, 2.45) is 0 Å². The molecule has 0 aromatic heterocycles. The van der Waals surface area contributed by atoms with Gasteiger partial charge in [-0.1, -0.05) is 11.6 Å². The molecule has 0 radical (unpaired) electrons. The van der Waals surface area contributed by atoms with Gasteiger partial charge in [0.1, 0.15) is 5.56 Å². The van der Waals surface area contributed by atoms with Crippen LogP contribution in [0.1, 0.15) is 10.4 Å². The maximum absolute atomic E-state index is 10.5. The SMILES string of the molecule is Nc1cc(N)c(C(=O)O)c(Cl)c1. The Hall–Kier alpha value is -1.42. The van der Waals surface area contributed by atoms with Crippen molar-refractivity contribution >= 4 is 28.9 Å². The van der Waals surface area contributed by atoms with E-state index in [0.717, 1.165) is 0 Å². The summed E-state index contributed by atoms with van der Waals surface area (Å²) in [5.41, 5.74) is 11.1. The smallest absolute Gasteiger partial charge is 0.339 e. The van der Waals surface area contributed by atoms with Gasteiger partial charge in [-0.15, -0.1) is 0 Å². The summed E-state index contributed by atoms with van der Waals surface area (Å²) in [6.45, 7) is 0. The number of hydrogen-bond acceptors (Lipinski definition) is 3. The normalized spacial score (nSPS) is 9.75. The first kappa shape index (κ1) is 8.67. The minimum atomic E-state index is -1.16. The van der Waals surface area contributed by atoms with Crippen LogP contribution in [0, 0.1) is 0 Å². The predicted molar refractivity (Wildman–Crippen MR) is 47.2 cm³/mol.